The molecule has 0 amide bonds. The summed E-state index contributed by atoms with van der Waals surface area (Å²) < 4.78 is 28.3. The number of sulfonamides is 1. The third kappa shape index (κ3) is 4.31. The van der Waals surface area contributed by atoms with E-state index in [0.29, 0.717) is 22.8 Å². The summed E-state index contributed by atoms with van der Waals surface area (Å²) in [5.41, 5.74) is 3.57. The molecular formula is C25H21N3O3S2. The number of fused-ring (bicyclic) bond motifs is 1. The maximum absolute atomic E-state index is 13.4. The molecule has 5 rings (SSSR count). The lowest BCUT2D eigenvalue weighted by molar-refractivity contribution is 0.0992. The minimum atomic E-state index is -3.78. The van der Waals surface area contributed by atoms with Crippen molar-refractivity contribution in [3.63, 3.8) is 0 Å². The van der Waals surface area contributed by atoms with Crippen LogP contribution in [0.15, 0.2) is 83.2 Å². The van der Waals surface area contributed by atoms with Crippen molar-refractivity contribution in [1.29, 1.82) is 0 Å². The third-order valence-corrected chi connectivity index (χ3v) is 8.26. The first-order valence-electron chi connectivity index (χ1n) is 10.6. The summed E-state index contributed by atoms with van der Waals surface area (Å²) in [6, 6.07) is 19.5. The second kappa shape index (κ2) is 8.88. The minimum Gasteiger partial charge on any atom is -0.294 e. The number of aromatic nitrogens is 2. The lowest BCUT2D eigenvalue weighted by Gasteiger charge is -2.30. The third-order valence-electron chi connectivity index (χ3n) is 5.60. The Labute approximate surface area is 196 Å². The van der Waals surface area contributed by atoms with Crippen LogP contribution in [0.3, 0.4) is 0 Å². The summed E-state index contributed by atoms with van der Waals surface area (Å²) in [6.45, 7) is 0.424. The molecule has 4 aromatic rings. The van der Waals surface area contributed by atoms with Crippen LogP contribution in [-0.2, 0) is 22.9 Å². The van der Waals surface area contributed by atoms with Gasteiger partial charge in [0.2, 0.25) is 0 Å². The molecule has 166 valence electrons. The van der Waals surface area contributed by atoms with Crippen LogP contribution in [0, 0.1) is 0 Å². The van der Waals surface area contributed by atoms with Crippen LogP contribution in [0.4, 0.5) is 5.69 Å². The molecule has 0 unspecified atom stereocenters. The zero-order valence-corrected chi connectivity index (χ0v) is 19.3. The van der Waals surface area contributed by atoms with E-state index in [1.165, 1.54) is 21.7 Å². The van der Waals surface area contributed by atoms with Gasteiger partial charge in [-0.3, -0.25) is 14.1 Å². The molecule has 2 aromatic heterocycles. The van der Waals surface area contributed by atoms with Gasteiger partial charge in [0.05, 0.1) is 28.4 Å². The predicted molar refractivity (Wildman–Crippen MR) is 129 cm³/mol. The van der Waals surface area contributed by atoms with Gasteiger partial charge in [0.15, 0.2) is 5.78 Å². The van der Waals surface area contributed by atoms with Crippen molar-refractivity contribution in [2.24, 2.45) is 0 Å². The molecule has 0 saturated heterocycles. The Morgan fingerprint density at radius 1 is 1.00 bits per heavy atom. The maximum Gasteiger partial charge on any atom is 0.264 e. The van der Waals surface area contributed by atoms with Gasteiger partial charge in [0.25, 0.3) is 10.0 Å². The molecule has 1 aliphatic rings. The Hall–Kier alpha value is -3.36. The van der Waals surface area contributed by atoms with Gasteiger partial charge in [-0.25, -0.2) is 13.4 Å². The van der Waals surface area contributed by atoms with E-state index < -0.39 is 10.0 Å². The number of hydrogen-bond donors (Lipinski definition) is 0. The van der Waals surface area contributed by atoms with E-state index in [9.17, 15) is 13.2 Å². The Morgan fingerprint density at radius 2 is 1.85 bits per heavy atom. The number of rotatable bonds is 6. The number of nitrogens with zero attached hydrogens (tertiary/aromatic N) is 3. The van der Waals surface area contributed by atoms with E-state index in [1.807, 2.05) is 47.8 Å². The molecule has 0 radical (unpaired) electrons. The highest BCUT2D eigenvalue weighted by Crippen LogP contribution is 2.32. The second-order valence-electron chi connectivity index (χ2n) is 7.78. The SMILES string of the molecule is O=C(Cc1nc(-c2ccccn2)cs1)c1cccc(S(=O)(=O)N2CCCc3ccccc32)c1. The Balaban J connectivity index is 1.38. The van der Waals surface area contributed by atoms with Crippen molar-refractivity contribution in [3.8, 4) is 11.4 Å². The fraction of sp³-hybridized carbons (Fsp3) is 0.160. The average Bonchev–Trinajstić information content (AvgIpc) is 3.33. The number of pyridine rings is 1. The molecule has 0 fully saturated rings. The fourth-order valence-corrected chi connectivity index (χ4v) is 6.34. The molecule has 0 aliphatic carbocycles. The van der Waals surface area contributed by atoms with Gasteiger partial charge in [0.1, 0.15) is 5.01 Å². The second-order valence-corrected chi connectivity index (χ2v) is 10.6. The molecular weight excluding hydrogens is 454 g/mol. The number of para-hydroxylation sites is 1. The summed E-state index contributed by atoms with van der Waals surface area (Å²) in [6.07, 6.45) is 3.42. The maximum atomic E-state index is 13.4. The molecule has 2 aromatic carbocycles. The zero-order chi connectivity index (χ0) is 22.8. The van der Waals surface area contributed by atoms with E-state index in [1.54, 1.807) is 24.4 Å². The Kier molecular flexibility index (Phi) is 5.78. The lowest BCUT2D eigenvalue weighted by atomic mass is 10.0. The van der Waals surface area contributed by atoms with Crippen molar-refractivity contribution < 1.29 is 13.2 Å². The van der Waals surface area contributed by atoms with Gasteiger partial charge in [-0.05, 0) is 48.7 Å². The smallest absolute Gasteiger partial charge is 0.264 e. The minimum absolute atomic E-state index is 0.105. The highest BCUT2D eigenvalue weighted by atomic mass is 32.2. The molecule has 6 nitrogen and oxygen atoms in total. The van der Waals surface area contributed by atoms with E-state index in [0.717, 1.165) is 29.8 Å². The first-order chi connectivity index (χ1) is 16.0. The molecule has 0 atom stereocenters. The topological polar surface area (TPSA) is 80.2 Å². The van der Waals surface area contributed by atoms with Crippen LogP contribution in [-0.4, -0.2) is 30.7 Å². The number of benzene rings is 2. The van der Waals surface area contributed by atoms with Gasteiger partial charge in [-0.15, -0.1) is 11.3 Å². The highest BCUT2D eigenvalue weighted by molar-refractivity contribution is 7.92. The van der Waals surface area contributed by atoms with Crippen molar-refractivity contribution >= 4 is 32.8 Å². The molecule has 33 heavy (non-hydrogen) atoms. The number of anilines is 1. The Bertz CT molecular complexity index is 1420. The van der Waals surface area contributed by atoms with Crippen molar-refractivity contribution in [3.05, 3.63) is 94.4 Å². The number of hydrogen-bond acceptors (Lipinski definition) is 6. The van der Waals surface area contributed by atoms with Gasteiger partial charge < -0.3 is 0 Å². The first kappa shape index (κ1) is 21.5. The van der Waals surface area contributed by atoms with Gasteiger partial charge in [-0.1, -0.05) is 36.4 Å². The highest BCUT2D eigenvalue weighted by Gasteiger charge is 2.29. The lowest BCUT2D eigenvalue weighted by Crippen LogP contribution is -2.35. The summed E-state index contributed by atoms with van der Waals surface area (Å²) >= 11 is 1.39. The largest absolute Gasteiger partial charge is 0.294 e. The van der Waals surface area contributed by atoms with Crippen molar-refractivity contribution in [1.82, 2.24) is 9.97 Å². The molecule has 0 saturated carbocycles. The number of thiazole rings is 1. The van der Waals surface area contributed by atoms with Gasteiger partial charge >= 0.3 is 0 Å². The van der Waals surface area contributed by atoms with Crippen LogP contribution in [0.2, 0.25) is 0 Å². The van der Waals surface area contributed by atoms with Crippen LogP contribution in [0.5, 0.6) is 0 Å². The average molecular weight is 476 g/mol. The predicted octanol–water partition coefficient (Wildman–Crippen LogP) is 4.77. The summed E-state index contributed by atoms with van der Waals surface area (Å²) in [5.74, 6) is -0.173. The van der Waals surface area contributed by atoms with Crippen LogP contribution >= 0.6 is 11.3 Å². The van der Waals surface area contributed by atoms with Crippen LogP contribution < -0.4 is 4.31 Å². The van der Waals surface area contributed by atoms with Crippen LogP contribution in [0.25, 0.3) is 11.4 Å². The summed E-state index contributed by atoms with van der Waals surface area (Å²) in [7, 11) is -3.78. The van der Waals surface area contributed by atoms with E-state index in [-0.39, 0.29) is 17.1 Å². The molecule has 0 N–H and O–H groups in total. The molecule has 1 aliphatic heterocycles. The van der Waals surface area contributed by atoms with Crippen molar-refractivity contribution in [2.45, 2.75) is 24.2 Å². The number of Topliss-reactive ketones (excluding diaryl/α,β-unsaturated/α-hetero) is 1. The number of carbonyl (C=O) groups is 1. The monoisotopic (exact) mass is 475 g/mol. The number of carbonyl (C=O) groups excluding carboxylic acids is 1. The molecule has 8 heteroatoms. The normalized spacial score (nSPS) is 13.5. The van der Waals surface area contributed by atoms with Crippen LogP contribution in [0.1, 0.15) is 27.3 Å². The Morgan fingerprint density at radius 3 is 2.70 bits per heavy atom. The zero-order valence-electron chi connectivity index (χ0n) is 17.7. The fourth-order valence-electron chi connectivity index (χ4n) is 3.97. The van der Waals surface area contributed by atoms with Gasteiger partial charge in [-0.2, -0.15) is 0 Å². The summed E-state index contributed by atoms with van der Waals surface area (Å²) in [4.78, 5) is 21.9. The quantitative estimate of drug-likeness (QED) is 0.375. The van der Waals surface area contributed by atoms with E-state index >= 15 is 0 Å². The van der Waals surface area contributed by atoms with Crippen molar-refractivity contribution in [2.75, 3.05) is 10.8 Å². The molecule has 3 heterocycles. The number of aryl methyl sites for hydroxylation is 1. The first-order valence-corrected chi connectivity index (χ1v) is 12.9. The standard InChI is InChI=1S/C25H21N3O3S2/c29-24(16-25-27-22(17-32-25)21-11-3-4-13-26-21)19-8-5-10-20(15-19)33(30,31)28-14-6-9-18-7-1-2-12-23(18)28/h1-5,7-8,10-13,15,17H,6,9,14,16H2. The molecule has 0 bridgehead atoms. The van der Waals surface area contributed by atoms with E-state index in [2.05, 4.69) is 9.97 Å². The summed E-state index contributed by atoms with van der Waals surface area (Å²) in [5, 5.41) is 2.54. The number of ketones is 1. The van der Waals surface area contributed by atoms with Gasteiger partial charge in [0, 0.05) is 23.7 Å². The molecule has 0 spiro atoms. The van der Waals surface area contributed by atoms with E-state index in [4.69, 9.17) is 0 Å².